The molecule has 0 radical (unpaired) electrons. The first kappa shape index (κ1) is 15.2. The summed E-state index contributed by atoms with van der Waals surface area (Å²) in [6.45, 7) is 13.1. The molecule has 0 amide bonds. The number of unbranched alkanes of at least 4 members (excludes halogenated alkanes) is 1. The molecule has 0 atom stereocenters. The van der Waals surface area contributed by atoms with Crippen LogP contribution in [0.1, 0.15) is 58.8 Å². The number of nitrogens with one attached hydrogen (secondary N) is 1. The number of hydrogen-bond donors (Lipinski definition) is 1. The highest BCUT2D eigenvalue weighted by Gasteiger charge is 2.08. The molecular formula is C15H29N3. The van der Waals surface area contributed by atoms with Crippen LogP contribution in [0, 0.1) is 0 Å². The summed E-state index contributed by atoms with van der Waals surface area (Å²) in [4.78, 5) is 0. The lowest BCUT2D eigenvalue weighted by Gasteiger charge is -2.20. The molecule has 0 unspecified atom stereocenters. The third-order valence-corrected chi connectivity index (χ3v) is 3.09. The smallest absolute Gasteiger partial charge is 0.0624 e. The highest BCUT2D eigenvalue weighted by molar-refractivity contribution is 5.10. The molecule has 0 saturated heterocycles. The van der Waals surface area contributed by atoms with Crippen molar-refractivity contribution in [3.8, 4) is 0 Å². The zero-order valence-corrected chi connectivity index (χ0v) is 12.7. The minimum absolute atomic E-state index is 0.237. The number of aromatic nitrogens is 2. The number of aryl methyl sites for hydroxylation is 3. The fraction of sp³-hybridized carbons (Fsp3) is 0.800. The van der Waals surface area contributed by atoms with Crippen molar-refractivity contribution in [1.82, 2.24) is 15.1 Å². The molecule has 1 rings (SSSR count). The summed E-state index contributed by atoms with van der Waals surface area (Å²) in [5, 5.41) is 8.12. The van der Waals surface area contributed by atoms with Gasteiger partial charge in [-0.05, 0) is 66.0 Å². The van der Waals surface area contributed by atoms with Gasteiger partial charge in [-0.1, -0.05) is 6.92 Å². The molecule has 1 N–H and O–H groups in total. The van der Waals surface area contributed by atoms with Gasteiger partial charge in [-0.25, -0.2) is 0 Å². The molecule has 0 bridgehead atoms. The molecule has 1 aromatic heterocycles. The van der Waals surface area contributed by atoms with Gasteiger partial charge in [-0.3, -0.25) is 4.68 Å². The van der Waals surface area contributed by atoms with Crippen molar-refractivity contribution in [2.45, 2.75) is 72.4 Å². The molecule has 1 aromatic rings. The Kier molecular flexibility index (Phi) is 5.86. The van der Waals surface area contributed by atoms with Crippen molar-refractivity contribution >= 4 is 0 Å². The average molecular weight is 251 g/mol. The molecule has 0 aliphatic rings. The Morgan fingerprint density at radius 1 is 1.22 bits per heavy atom. The van der Waals surface area contributed by atoms with Crippen LogP contribution in [0.2, 0.25) is 0 Å². The van der Waals surface area contributed by atoms with Gasteiger partial charge in [0, 0.05) is 17.8 Å². The predicted molar refractivity (Wildman–Crippen MR) is 78.0 cm³/mol. The molecule has 3 nitrogen and oxygen atoms in total. The molecule has 0 aliphatic heterocycles. The molecule has 0 saturated carbocycles. The summed E-state index contributed by atoms with van der Waals surface area (Å²) in [6, 6.07) is 2.26. The van der Waals surface area contributed by atoms with Crippen molar-refractivity contribution in [1.29, 1.82) is 0 Å². The highest BCUT2D eigenvalue weighted by atomic mass is 15.3. The van der Waals surface area contributed by atoms with E-state index in [1.54, 1.807) is 0 Å². The van der Waals surface area contributed by atoms with Gasteiger partial charge < -0.3 is 5.32 Å². The molecular weight excluding hydrogens is 222 g/mol. The maximum absolute atomic E-state index is 4.59. The van der Waals surface area contributed by atoms with Gasteiger partial charge in [0.2, 0.25) is 0 Å². The van der Waals surface area contributed by atoms with Crippen molar-refractivity contribution < 1.29 is 0 Å². The molecule has 0 aromatic carbocycles. The Labute approximate surface area is 112 Å². The SMILES string of the molecule is CCc1cc(CCCCNC(C)(C)C)n(CC)n1. The molecule has 0 spiro atoms. The first-order chi connectivity index (χ1) is 8.46. The van der Waals surface area contributed by atoms with E-state index in [9.17, 15) is 0 Å². The van der Waals surface area contributed by atoms with E-state index >= 15 is 0 Å². The van der Waals surface area contributed by atoms with Crippen LogP contribution in [0.15, 0.2) is 6.07 Å². The van der Waals surface area contributed by atoms with E-state index in [2.05, 4.69) is 55.8 Å². The van der Waals surface area contributed by atoms with Crippen LogP contribution < -0.4 is 5.32 Å². The number of rotatable bonds is 7. The third-order valence-electron chi connectivity index (χ3n) is 3.09. The van der Waals surface area contributed by atoms with Crippen molar-refractivity contribution in [2.75, 3.05) is 6.54 Å². The van der Waals surface area contributed by atoms with Crippen LogP contribution in [0.4, 0.5) is 0 Å². The van der Waals surface area contributed by atoms with Crippen LogP contribution in [0.3, 0.4) is 0 Å². The summed E-state index contributed by atoms with van der Waals surface area (Å²) in [5.74, 6) is 0. The summed E-state index contributed by atoms with van der Waals surface area (Å²) >= 11 is 0. The Morgan fingerprint density at radius 2 is 1.94 bits per heavy atom. The third kappa shape index (κ3) is 5.21. The zero-order valence-electron chi connectivity index (χ0n) is 12.7. The van der Waals surface area contributed by atoms with E-state index in [-0.39, 0.29) is 5.54 Å². The van der Waals surface area contributed by atoms with Crippen LogP contribution in [0.25, 0.3) is 0 Å². The van der Waals surface area contributed by atoms with E-state index < -0.39 is 0 Å². The van der Waals surface area contributed by atoms with Crippen molar-refractivity contribution in [3.63, 3.8) is 0 Å². The second-order valence-corrected chi connectivity index (χ2v) is 5.93. The largest absolute Gasteiger partial charge is 0.312 e. The Hall–Kier alpha value is -0.830. The molecule has 0 aliphatic carbocycles. The first-order valence-corrected chi connectivity index (χ1v) is 7.27. The van der Waals surface area contributed by atoms with E-state index in [4.69, 9.17) is 0 Å². The molecule has 3 heteroatoms. The van der Waals surface area contributed by atoms with Gasteiger partial charge >= 0.3 is 0 Å². The lowest BCUT2D eigenvalue weighted by atomic mass is 10.1. The fourth-order valence-corrected chi connectivity index (χ4v) is 2.06. The van der Waals surface area contributed by atoms with Gasteiger partial charge in [-0.2, -0.15) is 5.10 Å². The van der Waals surface area contributed by atoms with Crippen molar-refractivity contribution in [3.05, 3.63) is 17.5 Å². The number of nitrogens with zero attached hydrogens (tertiary/aromatic N) is 2. The summed E-state index contributed by atoms with van der Waals surface area (Å²) in [7, 11) is 0. The Bertz CT molecular complexity index is 347. The second kappa shape index (κ2) is 6.93. The molecule has 18 heavy (non-hydrogen) atoms. The van der Waals surface area contributed by atoms with Gasteiger partial charge in [0.05, 0.1) is 5.69 Å². The van der Waals surface area contributed by atoms with Gasteiger partial charge in [-0.15, -0.1) is 0 Å². The quantitative estimate of drug-likeness (QED) is 0.754. The van der Waals surface area contributed by atoms with Crippen molar-refractivity contribution in [2.24, 2.45) is 0 Å². The van der Waals surface area contributed by atoms with Crippen LogP contribution in [-0.2, 0) is 19.4 Å². The minimum atomic E-state index is 0.237. The normalized spacial score (nSPS) is 12.1. The topological polar surface area (TPSA) is 29.9 Å². The molecule has 1 heterocycles. The first-order valence-electron chi connectivity index (χ1n) is 7.27. The van der Waals surface area contributed by atoms with Gasteiger partial charge in [0.15, 0.2) is 0 Å². The Balaban J connectivity index is 2.32. The van der Waals surface area contributed by atoms with Gasteiger partial charge in [0.1, 0.15) is 0 Å². The van der Waals surface area contributed by atoms with Crippen LogP contribution >= 0.6 is 0 Å². The fourth-order valence-electron chi connectivity index (χ4n) is 2.06. The highest BCUT2D eigenvalue weighted by Crippen LogP contribution is 2.09. The standard InChI is InChI=1S/C15H29N3/c1-6-13-12-14(18(7-2)17-13)10-8-9-11-16-15(3,4)5/h12,16H,6-11H2,1-5H3. The summed E-state index contributed by atoms with van der Waals surface area (Å²) in [5.41, 5.74) is 2.85. The zero-order chi connectivity index (χ0) is 13.6. The van der Waals surface area contributed by atoms with E-state index in [0.29, 0.717) is 0 Å². The van der Waals surface area contributed by atoms with E-state index in [0.717, 1.165) is 25.9 Å². The molecule has 0 fully saturated rings. The molecule has 104 valence electrons. The minimum Gasteiger partial charge on any atom is -0.312 e. The average Bonchev–Trinajstić information content (AvgIpc) is 2.69. The Morgan fingerprint density at radius 3 is 2.50 bits per heavy atom. The van der Waals surface area contributed by atoms with Crippen LogP contribution in [0.5, 0.6) is 0 Å². The second-order valence-electron chi connectivity index (χ2n) is 5.93. The van der Waals surface area contributed by atoms with Crippen LogP contribution in [-0.4, -0.2) is 21.9 Å². The number of hydrogen-bond acceptors (Lipinski definition) is 2. The monoisotopic (exact) mass is 251 g/mol. The maximum Gasteiger partial charge on any atom is 0.0624 e. The van der Waals surface area contributed by atoms with Gasteiger partial charge in [0.25, 0.3) is 0 Å². The van der Waals surface area contributed by atoms with E-state index in [1.165, 1.54) is 24.2 Å². The lowest BCUT2D eigenvalue weighted by Crippen LogP contribution is -2.36. The lowest BCUT2D eigenvalue weighted by molar-refractivity contribution is 0.418. The van der Waals surface area contributed by atoms with E-state index in [1.807, 2.05) is 0 Å². The summed E-state index contributed by atoms with van der Waals surface area (Å²) < 4.78 is 2.15. The maximum atomic E-state index is 4.59. The summed E-state index contributed by atoms with van der Waals surface area (Å²) in [6.07, 6.45) is 4.64. The predicted octanol–water partition coefficient (Wildman–Crippen LogP) is 3.18.